The molecule has 0 radical (unpaired) electrons. The summed E-state index contributed by atoms with van der Waals surface area (Å²) < 4.78 is 0. The minimum atomic E-state index is 0.763. The molecule has 0 saturated carbocycles. The Kier molecular flexibility index (Phi) is 8.46. The lowest BCUT2D eigenvalue weighted by Crippen LogP contribution is -2.34. The molecule has 0 aromatic heterocycles. The minimum Gasteiger partial charge on any atom is -0.320 e. The molecule has 0 spiro atoms. The molecule has 0 heterocycles. The quantitative estimate of drug-likeness (QED) is 0.624. The highest BCUT2D eigenvalue weighted by Gasteiger charge is 2.10. The first-order valence-electron chi connectivity index (χ1n) is 5.61. The fraction of sp³-hybridized carbons (Fsp3) is 1.00. The highest BCUT2D eigenvalue weighted by Crippen LogP contribution is 2.06. The Labute approximate surface area is 83.7 Å². The lowest BCUT2D eigenvalue weighted by molar-refractivity contribution is 0.221. The summed E-state index contributed by atoms with van der Waals surface area (Å²) in [5, 5.41) is 3.22. The van der Waals surface area contributed by atoms with Crippen molar-refractivity contribution in [1.82, 2.24) is 10.2 Å². The molecule has 13 heavy (non-hydrogen) atoms. The number of hydrogen-bond acceptors (Lipinski definition) is 2. The number of nitrogens with zero attached hydrogens (tertiary/aromatic N) is 1. The lowest BCUT2D eigenvalue weighted by Gasteiger charge is -2.26. The van der Waals surface area contributed by atoms with E-state index in [4.69, 9.17) is 0 Å². The molecule has 0 rings (SSSR count). The Hall–Kier alpha value is -0.0800. The third kappa shape index (κ3) is 6.05. The van der Waals surface area contributed by atoms with Crippen LogP contribution in [0.4, 0.5) is 0 Å². The van der Waals surface area contributed by atoms with Crippen molar-refractivity contribution in [3.8, 4) is 0 Å². The summed E-state index contributed by atoms with van der Waals surface area (Å²) in [6.45, 7) is 6.92. The molecule has 2 heteroatoms. The maximum absolute atomic E-state index is 3.22. The van der Waals surface area contributed by atoms with Gasteiger partial charge in [0.25, 0.3) is 0 Å². The first-order valence-corrected chi connectivity index (χ1v) is 5.61. The summed E-state index contributed by atoms with van der Waals surface area (Å²) in [7, 11) is 4.28. The molecule has 2 nitrogen and oxygen atoms in total. The molecule has 80 valence electrons. The van der Waals surface area contributed by atoms with E-state index in [2.05, 4.69) is 31.1 Å². The van der Waals surface area contributed by atoms with Gasteiger partial charge in [-0.05, 0) is 46.4 Å². The zero-order valence-corrected chi connectivity index (χ0v) is 9.77. The predicted octanol–water partition coefficient (Wildman–Crippen LogP) is 2.11. The normalized spacial score (nSPS) is 13.6. The highest BCUT2D eigenvalue weighted by atomic mass is 15.1. The molecule has 1 unspecified atom stereocenters. The minimum absolute atomic E-state index is 0.763. The van der Waals surface area contributed by atoms with Crippen LogP contribution in [0.3, 0.4) is 0 Å². The van der Waals surface area contributed by atoms with Crippen molar-refractivity contribution in [1.29, 1.82) is 0 Å². The summed E-state index contributed by atoms with van der Waals surface area (Å²) in [6, 6.07) is 0.763. The molecule has 1 N–H and O–H groups in total. The lowest BCUT2D eigenvalue weighted by atomic mass is 10.1. The van der Waals surface area contributed by atoms with Gasteiger partial charge in [-0.3, -0.25) is 0 Å². The van der Waals surface area contributed by atoms with Crippen molar-refractivity contribution >= 4 is 0 Å². The van der Waals surface area contributed by atoms with Gasteiger partial charge in [0.2, 0.25) is 0 Å². The van der Waals surface area contributed by atoms with E-state index in [9.17, 15) is 0 Å². The van der Waals surface area contributed by atoms with Gasteiger partial charge in [0.15, 0.2) is 0 Å². The fourth-order valence-electron chi connectivity index (χ4n) is 1.64. The van der Waals surface area contributed by atoms with Crippen LogP contribution in [0, 0.1) is 0 Å². The molecule has 0 aliphatic carbocycles. The summed E-state index contributed by atoms with van der Waals surface area (Å²) in [6.07, 6.45) is 5.16. The van der Waals surface area contributed by atoms with Gasteiger partial charge in [-0.25, -0.2) is 0 Å². The number of unbranched alkanes of at least 4 members (excludes halogenated alkanes) is 1. The number of nitrogens with one attached hydrogen (secondary N) is 1. The summed E-state index contributed by atoms with van der Waals surface area (Å²) >= 11 is 0. The van der Waals surface area contributed by atoms with E-state index in [1.165, 1.54) is 32.2 Å². The van der Waals surface area contributed by atoms with Crippen LogP contribution < -0.4 is 5.32 Å². The Bertz CT molecular complexity index is 104. The SMILES string of the molecule is CCCCN(C)C(CC)CCNC. The van der Waals surface area contributed by atoms with Gasteiger partial charge < -0.3 is 10.2 Å². The van der Waals surface area contributed by atoms with E-state index in [-0.39, 0.29) is 0 Å². The van der Waals surface area contributed by atoms with Gasteiger partial charge in [-0.1, -0.05) is 20.3 Å². The van der Waals surface area contributed by atoms with Crippen LogP contribution >= 0.6 is 0 Å². The van der Waals surface area contributed by atoms with Crippen LogP contribution in [-0.2, 0) is 0 Å². The zero-order chi connectivity index (χ0) is 10.1. The fourth-order valence-corrected chi connectivity index (χ4v) is 1.64. The van der Waals surface area contributed by atoms with Gasteiger partial charge in [-0.15, -0.1) is 0 Å². The van der Waals surface area contributed by atoms with Crippen LogP contribution in [0.15, 0.2) is 0 Å². The van der Waals surface area contributed by atoms with E-state index in [1.54, 1.807) is 0 Å². The Morgan fingerprint density at radius 1 is 1.31 bits per heavy atom. The van der Waals surface area contributed by atoms with E-state index in [1.807, 2.05) is 7.05 Å². The number of rotatable bonds is 8. The molecule has 0 aromatic rings. The Balaban J connectivity index is 3.63. The molecule has 1 atom stereocenters. The van der Waals surface area contributed by atoms with E-state index in [0.717, 1.165) is 12.6 Å². The molecular weight excluding hydrogens is 160 g/mol. The maximum Gasteiger partial charge on any atom is 0.0102 e. The molecule has 0 bridgehead atoms. The second-order valence-corrected chi connectivity index (χ2v) is 3.79. The van der Waals surface area contributed by atoms with Crippen molar-refractivity contribution in [2.24, 2.45) is 0 Å². The molecule has 0 aliphatic heterocycles. The molecule has 0 amide bonds. The number of hydrogen-bond donors (Lipinski definition) is 1. The second kappa shape index (κ2) is 8.52. The summed E-state index contributed by atoms with van der Waals surface area (Å²) in [5.74, 6) is 0. The first kappa shape index (κ1) is 12.9. The van der Waals surface area contributed by atoms with Crippen LogP contribution in [0.1, 0.15) is 39.5 Å². The summed E-state index contributed by atoms with van der Waals surface area (Å²) in [5.41, 5.74) is 0. The van der Waals surface area contributed by atoms with Crippen molar-refractivity contribution in [2.75, 3.05) is 27.2 Å². The molecule has 0 saturated heterocycles. The van der Waals surface area contributed by atoms with Crippen molar-refractivity contribution in [2.45, 2.75) is 45.6 Å². The topological polar surface area (TPSA) is 15.3 Å². The predicted molar refractivity (Wildman–Crippen MR) is 60.2 cm³/mol. The van der Waals surface area contributed by atoms with Crippen LogP contribution in [0.25, 0.3) is 0 Å². The standard InChI is InChI=1S/C11H26N2/c1-5-7-10-13(4)11(6-2)8-9-12-3/h11-12H,5-10H2,1-4H3. The first-order chi connectivity index (χ1) is 6.26. The van der Waals surface area contributed by atoms with Gasteiger partial charge >= 0.3 is 0 Å². The smallest absolute Gasteiger partial charge is 0.0102 e. The van der Waals surface area contributed by atoms with E-state index >= 15 is 0 Å². The monoisotopic (exact) mass is 186 g/mol. The Morgan fingerprint density at radius 2 is 2.00 bits per heavy atom. The van der Waals surface area contributed by atoms with Gasteiger partial charge in [0.05, 0.1) is 0 Å². The maximum atomic E-state index is 3.22. The average molecular weight is 186 g/mol. The van der Waals surface area contributed by atoms with Crippen LogP contribution in [-0.4, -0.2) is 38.1 Å². The van der Waals surface area contributed by atoms with E-state index in [0.29, 0.717) is 0 Å². The van der Waals surface area contributed by atoms with Gasteiger partial charge in [0.1, 0.15) is 0 Å². The molecule has 0 fully saturated rings. The van der Waals surface area contributed by atoms with Crippen LogP contribution in [0.5, 0.6) is 0 Å². The van der Waals surface area contributed by atoms with Crippen molar-refractivity contribution < 1.29 is 0 Å². The molecule has 0 aromatic carbocycles. The average Bonchev–Trinajstić information content (AvgIpc) is 2.16. The molecular formula is C11H26N2. The third-order valence-corrected chi connectivity index (χ3v) is 2.69. The summed E-state index contributed by atoms with van der Waals surface area (Å²) in [4.78, 5) is 2.50. The molecule has 0 aliphatic rings. The van der Waals surface area contributed by atoms with Crippen molar-refractivity contribution in [3.05, 3.63) is 0 Å². The second-order valence-electron chi connectivity index (χ2n) is 3.79. The van der Waals surface area contributed by atoms with E-state index < -0.39 is 0 Å². The highest BCUT2D eigenvalue weighted by molar-refractivity contribution is 4.67. The zero-order valence-electron chi connectivity index (χ0n) is 9.77. The van der Waals surface area contributed by atoms with Crippen molar-refractivity contribution in [3.63, 3.8) is 0 Å². The van der Waals surface area contributed by atoms with Crippen LogP contribution in [0.2, 0.25) is 0 Å². The van der Waals surface area contributed by atoms with Gasteiger partial charge in [-0.2, -0.15) is 0 Å². The largest absolute Gasteiger partial charge is 0.320 e. The van der Waals surface area contributed by atoms with Gasteiger partial charge in [0, 0.05) is 6.04 Å². The third-order valence-electron chi connectivity index (χ3n) is 2.69. The Morgan fingerprint density at radius 3 is 2.46 bits per heavy atom.